The van der Waals surface area contributed by atoms with Gasteiger partial charge in [-0.15, -0.1) is 0 Å². The minimum Gasteiger partial charge on any atom is -0.456 e. The molecule has 1 heterocycles. The summed E-state index contributed by atoms with van der Waals surface area (Å²) in [6.45, 7) is 0.673. The Morgan fingerprint density at radius 1 is 1.00 bits per heavy atom. The van der Waals surface area contributed by atoms with Crippen LogP contribution in [0.4, 0.5) is 5.69 Å². The summed E-state index contributed by atoms with van der Waals surface area (Å²) in [5.41, 5.74) is 1.90. The lowest BCUT2D eigenvalue weighted by Crippen LogP contribution is -2.27. The highest BCUT2D eigenvalue weighted by atomic mass is 16.5. The fourth-order valence-electron chi connectivity index (χ4n) is 2.86. The summed E-state index contributed by atoms with van der Waals surface area (Å²) >= 11 is 0. The van der Waals surface area contributed by atoms with Crippen LogP contribution in [-0.2, 0) is 27.9 Å². The summed E-state index contributed by atoms with van der Waals surface area (Å²) in [4.78, 5) is 47.6. The molecule has 0 unspecified atom stereocenters. The van der Waals surface area contributed by atoms with E-state index in [1.54, 1.807) is 43.4 Å². The Hall–Kier alpha value is -3.68. The van der Waals surface area contributed by atoms with Gasteiger partial charge in [-0.2, -0.15) is 0 Å². The number of benzene rings is 2. The Bertz CT molecular complexity index is 1110. The SMILES string of the molecule is CC(=O)Nc1ccc(C(=O)COC(=O)Cn2c(=O)n(C)c3ccccc32)cc1. The lowest BCUT2D eigenvalue weighted by molar-refractivity contribution is -0.143. The number of esters is 1. The molecule has 0 spiro atoms. The quantitative estimate of drug-likeness (QED) is 0.518. The van der Waals surface area contributed by atoms with E-state index < -0.39 is 12.6 Å². The molecule has 1 amide bonds. The van der Waals surface area contributed by atoms with Gasteiger partial charge in [0, 0.05) is 25.2 Å². The van der Waals surface area contributed by atoms with E-state index in [1.807, 2.05) is 0 Å². The molecule has 2 aromatic carbocycles. The van der Waals surface area contributed by atoms with E-state index in [2.05, 4.69) is 5.32 Å². The van der Waals surface area contributed by atoms with Crippen LogP contribution < -0.4 is 11.0 Å². The Kier molecular flexibility index (Phi) is 5.39. The zero-order valence-corrected chi connectivity index (χ0v) is 15.5. The number of ketones is 1. The molecule has 0 saturated carbocycles. The second-order valence-electron chi connectivity index (χ2n) is 6.26. The third kappa shape index (κ3) is 4.01. The van der Waals surface area contributed by atoms with Gasteiger partial charge in [0.15, 0.2) is 12.4 Å². The maximum atomic E-state index is 12.3. The molecular formula is C20H19N3O5. The number of carbonyl (C=O) groups is 3. The van der Waals surface area contributed by atoms with E-state index in [4.69, 9.17) is 4.74 Å². The zero-order chi connectivity index (χ0) is 20.3. The molecule has 3 aromatic rings. The first-order valence-corrected chi connectivity index (χ1v) is 8.57. The van der Waals surface area contributed by atoms with Crippen molar-refractivity contribution in [3.63, 3.8) is 0 Å². The van der Waals surface area contributed by atoms with Crippen LogP contribution in [0.2, 0.25) is 0 Å². The maximum Gasteiger partial charge on any atom is 0.329 e. The number of aromatic nitrogens is 2. The minimum absolute atomic E-state index is 0.211. The second kappa shape index (κ2) is 7.91. The van der Waals surface area contributed by atoms with E-state index >= 15 is 0 Å². The summed E-state index contributed by atoms with van der Waals surface area (Å²) in [6.07, 6.45) is 0. The molecule has 1 N–H and O–H groups in total. The first kappa shape index (κ1) is 19.1. The standard InChI is InChI=1S/C20H19N3O5/c1-13(24)21-15-9-7-14(8-10-15)18(25)12-28-19(26)11-23-17-6-4-3-5-16(17)22(2)20(23)27/h3-10H,11-12H2,1-2H3,(H,21,24). The molecule has 0 bridgehead atoms. The molecule has 0 fully saturated rings. The predicted octanol–water partition coefficient (Wildman–Crippen LogP) is 1.72. The number of anilines is 1. The number of carbonyl (C=O) groups excluding carboxylic acids is 3. The second-order valence-corrected chi connectivity index (χ2v) is 6.26. The molecule has 3 rings (SSSR count). The number of amides is 1. The van der Waals surface area contributed by atoms with Gasteiger partial charge in [0.2, 0.25) is 5.91 Å². The number of nitrogens with zero attached hydrogens (tertiary/aromatic N) is 2. The topological polar surface area (TPSA) is 99.4 Å². The molecule has 0 aliphatic heterocycles. The van der Waals surface area contributed by atoms with Crippen molar-refractivity contribution < 1.29 is 19.1 Å². The zero-order valence-electron chi connectivity index (χ0n) is 15.5. The number of aryl methyl sites for hydroxylation is 1. The van der Waals surface area contributed by atoms with E-state index in [9.17, 15) is 19.2 Å². The minimum atomic E-state index is -0.679. The average Bonchev–Trinajstić information content (AvgIpc) is 2.91. The Balaban J connectivity index is 1.63. The number of ether oxygens (including phenoxy) is 1. The van der Waals surface area contributed by atoms with Crippen LogP contribution in [0.5, 0.6) is 0 Å². The van der Waals surface area contributed by atoms with Crippen LogP contribution in [-0.4, -0.2) is 33.4 Å². The molecule has 1 aromatic heterocycles. The molecule has 8 heteroatoms. The fraction of sp³-hybridized carbons (Fsp3) is 0.200. The van der Waals surface area contributed by atoms with Gasteiger partial charge < -0.3 is 10.1 Å². The summed E-state index contributed by atoms with van der Waals surface area (Å²) in [7, 11) is 1.63. The number of hydrogen-bond acceptors (Lipinski definition) is 5. The van der Waals surface area contributed by atoms with Crippen LogP contribution in [0.1, 0.15) is 17.3 Å². The molecule has 0 saturated heterocycles. The van der Waals surface area contributed by atoms with Crippen LogP contribution in [0, 0.1) is 0 Å². The van der Waals surface area contributed by atoms with E-state index in [1.165, 1.54) is 28.2 Å². The van der Waals surface area contributed by atoms with Gasteiger partial charge in [-0.05, 0) is 36.4 Å². The van der Waals surface area contributed by atoms with Crippen molar-refractivity contribution >= 4 is 34.4 Å². The number of nitrogens with one attached hydrogen (secondary N) is 1. The van der Waals surface area contributed by atoms with Crippen LogP contribution in [0.25, 0.3) is 11.0 Å². The summed E-state index contributed by atoms with van der Waals surface area (Å²) in [5, 5.41) is 2.60. The smallest absolute Gasteiger partial charge is 0.329 e. The fourth-order valence-corrected chi connectivity index (χ4v) is 2.86. The van der Waals surface area contributed by atoms with Gasteiger partial charge in [0.1, 0.15) is 6.54 Å². The summed E-state index contributed by atoms with van der Waals surface area (Å²) < 4.78 is 7.80. The predicted molar refractivity (Wildman–Crippen MR) is 103 cm³/mol. The van der Waals surface area contributed by atoms with E-state index in [-0.39, 0.29) is 23.9 Å². The van der Waals surface area contributed by atoms with Gasteiger partial charge in [0.05, 0.1) is 11.0 Å². The summed E-state index contributed by atoms with van der Waals surface area (Å²) in [6, 6.07) is 13.4. The molecule has 28 heavy (non-hydrogen) atoms. The van der Waals surface area contributed by atoms with Gasteiger partial charge in [-0.1, -0.05) is 12.1 Å². The Labute approximate surface area is 160 Å². The first-order valence-electron chi connectivity index (χ1n) is 8.57. The average molecular weight is 381 g/mol. The van der Waals surface area contributed by atoms with Crippen LogP contribution >= 0.6 is 0 Å². The van der Waals surface area contributed by atoms with Crippen molar-refractivity contribution in [2.24, 2.45) is 7.05 Å². The third-order valence-electron chi connectivity index (χ3n) is 4.23. The van der Waals surface area contributed by atoms with Gasteiger partial charge in [-0.25, -0.2) is 4.79 Å². The van der Waals surface area contributed by atoms with Crippen molar-refractivity contribution in [3.8, 4) is 0 Å². The molecule has 0 atom stereocenters. The van der Waals surface area contributed by atoms with Crippen molar-refractivity contribution in [1.82, 2.24) is 9.13 Å². The highest BCUT2D eigenvalue weighted by molar-refractivity contribution is 5.98. The van der Waals surface area contributed by atoms with Crippen molar-refractivity contribution in [1.29, 1.82) is 0 Å². The van der Waals surface area contributed by atoms with Crippen molar-refractivity contribution in [2.45, 2.75) is 13.5 Å². The Morgan fingerprint density at radius 2 is 1.64 bits per heavy atom. The van der Waals surface area contributed by atoms with Crippen LogP contribution in [0.15, 0.2) is 53.3 Å². The summed E-state index contributed by atoms with van der Waals surface area (Å²) in [5.74, 6) is -1.27. The molecule has 144 valence electrons. The number of hydrogen-bond donors (Lipinski definition) is 1. The molecule has 0 aliphatic rings. The lowest BCUT2D eigenvalue weighted by atomic mass is 10.1. The van der Waals surface area contributed by atoms with Crippen molar-refractivity contribution in [2.75, 3.05) is 11.9 Å². The molecule has 8 nitrogen and oxygen atoms in total. The number of Topliss-reactive ketones (excluding diaryl/α,β-unsaturated/α-hetero) is 1. The van der Waals surface area contributed by atoms with E-state index in [0.29, 0.717) is 22.3 Å². The molecular weight excluding hydrogens is 362 g/mol. The number of imidazole rings is 1. The maximum absolute atomic E-state index is 12.3. The Morgan fingerprint density at radius 3 is 2.29 bits per heavy atom. The van der Waals surface area contributed by atoms with Gasteiger partial charge in [0.25, 0.3) is 0 Å². The number of para-hydroxylation sites is 2. The normalized spacial score (nSPS) is 10.6. The largest absolute Gasteiger partial charge is 0.456 e. The highest BCUT2D eigenvalue weighted by Crippen LogP contribution is 2.12. The van der Waals surface area contributed by atoms with Crippen molar-refractivity contribution in [3.05, 3.63) is 64.6 Å². The number of rotatable bonds is 6. The van der Waals surface area contributed by atoms with E-state index in [0.717, 1.165) is 0 Å². The van der Waals surface area contributed by atoms with Gasteiger partial charge >= 0.3 is 11.7 Å². The van der Waals surface area contributed by atoms with Crippen LogP contribution in [0.3, 0.4) is 0 Å². The highest BCUT2D eigenvalue weighted by Gasteiger charge is 2.15. The monoisotopic (exact) mass is 381 g/mol. The molecule has 0 aliphatic carbocycles. The lowest BCUT2D eigenvalue weighted by Gasteiger charge is -2.06. The third-order valence-corrected chi connectivity index (χ3v) is 4.23. The first-order chi connectivity index (χ1) is 13.4. The molecule has 0 radical (unpaired) electrons. The van der Waals surface area contributed by atoms with Gasteiger partial charge in [-0.3, -0.25) is 23.5 Å². The number of fused-ring (bicyclic) bond motifs is 1.